The summed E-state index contributed by atoms with van der Waals surface area (Å²) in [5.74, 6) is -0.994. The van der Waals surface area contributed by atoms with E-state index in [-0.39, 0.29) is 11.5 Å². The number of carbonyl (C=O) groups is 1. The molecule has 0 bridgehead atoms. The Morgan fingerprint density at radius 1 is 1.75 bits per heavy atom. The molecule has 0 spiro atoms. The van der Waals surface area contributed by atoms with Crippen LogP contribution in [0.15, 0.2) is 0 Å². The smallest absolute Gasteiger partial charge is 0.246 e. The molecule has 43 valence electrons. The second-order valence-corrected chi connectivity index (χ2v) is 2.01. The average Bonchev–Trinajstić information content (AvgIpc) is 1.66. The van der Waals surface area contributed by atoms with E-state index in [1.54, 1.807) is 6.07 Å². The third-order valence-electron chi connectivity index (χ3n) is 0.387. The van der Waals surface area contributed by atoms with Crippen LogP contribution in [0.5, 0.6) is 0 Å². The molecule has 0 rings (SSSR count). The van der Waals surface area contributed by atoms with Crippen molar-refractivity contribution in [2.75, 3.05) is 11.5 Å². The molecule has 0 saturated carbocycles. The Bertz CT molecular complexity index is 118. The third-order valence-corrected chi connectivity index (χ3v) is 1.16. The van der Waals surface area contributed by atoms with Crippen molar-refractivity contribution in [1.82, 2.24) is 0 Å². The number of nitrogens with zero attached hydrogens (tertiary/aromatic N) is 1. The number of nitriles is 1. The molecule has 4 heteroatoms. The minimum Gasteiger partial charge on any atom is -0.246 e. The van der Waals surface area contributed by atoms with Gasteiger partial charge in [0.1, 0.15) is 0 Å². The molecule has 0 aliphatic rings. The topological polar surface area (TPSA) is 60.8 Å². The molecule has 0 unspecified atom stereocenters. The van der Waals surface area contributed by atoms with Gasteiger partial charge in [0.15, 0.2) is 0 Å². The first-order valence-electron chi connectivity index (χ1n) is 1.92. The van der Waals surface area contributed by atoms with Gasteiger partial charge < -0.3 is 0 Å². The Balaban J connectivity index is 2.97. The largest absolute Gasteiger partial charge is 0.365 e. The fourth-order valence-electron chi connectivity index (χ4n) is 0.180. The summed E-state index contributed by atoms with van der Waals surface area (Å²) in [4.78, 5) is 9.63. The highest BCUT2D eigenvalue weighted by atomic mass is 32.2. The number of hydrogen-bond donors (Lipinski definition) is 0. The lowest BCUT2D eigenvalue weighted by atomic mass is 10.8. The van der Waals surface area contributed by atoms with Gasteiger partial charge in [0.2, 0.25) is 0 Å². The minimum atomic E-state index is -1.12. The normalized spacial score (nSPS) is 7.88. The molecule has 0 saturated heterocycles. The maximum Gasteiger partial charge on any atom is 0.365 e. The summed E-state index contributed by atoms with van der Waals surface area (Å²) in [6.07, 6.45) is 0. The van der Waals surface area contributed by atoms with Gasteiger partial charge in [-0.1, -0.05) is 0 Å². The van der Waals surface area contributed by atoms with Gasteiger partial charge in [-0.2, -0.15) is 5.26 Å². The molecule has 3 nitrogen and oxygen atoms in total. The molecule has 0 amide bonds. The summed E-state index contributed by atoms with van der Waals surface area (Å²) < 4.78 is 0. The highest BCUT2D eigenvalue weighted by molar-refractivity contribution is 8.00. The van der Waals surface area contributed by atoms with E-state index in [9.17, 15) is 9.90 Å². The van der Waals surface area contributed by atoms with E-state index in [4.69, 9.17) is 5.26 Å². The lowest BCUT2D eigenvalue weighted by Gasteiger charge is -1.81. The SMILES string of the molecule is N#CCSCC([O])=O. The van der Waals surface area contributed by atoms with E-state index in [0.29, 0.717) is 0 Å². The lowest BCUT2D eigenvalue weighted by molar-refractivity contribution is -0.139. The summed E-state index contributed by atoms with van der Waals surface area (Å²) in [5.41, 5.74) is 0. The Morgan fingerprint density at radius 2 is 2.38 bits per heavy atom. The van der Waals surface area contributed by atoms with E-state index < -0.39 is 5.97 Å². The summed E-state index contributed by atoms with van der Waals surface area (Å²) in [7, 11) is 0. The van der Waals surface area contributed by atoms with Gasteiger partial charge >= 0.3 is 5.97 Å². The van der Waals surface area contributed by atoms with Crippen LogP contribution >= 0.6 is 11.8 Å². The van der Waals surface area contributed by atoms with Crippen molar-refractivity contribution in [2.24, 2.45) is 0 Å². The Kier molecular flexibility index (Phi) is 4.08. The molecule has 0 aromatic rings. The van der Waals surface area contributed by atoms with Crippen LogP contribution in [0, 0.1) is 11.3 Å². The monoisotopic (exact) mass is 130 g/mol. The number of rotatable bonds is 3. The second kappa shape index (κ2) is 4.47. The van der Waals surface area contributed by atoms with Crippen LogP contribution in [0.4, 0.5) is 0 Å². The summed E-state index contributed by atoms with van der Waals surface area (Å²) in [6, 6.07) is 1.79. The van der Waals surface area contributed by atoms with E-state index in [1.807, 2.05) is 0 Å². The van der Waals surface area contributed by atoms with E-state index in [0.717, 1.165) is 11.8 Å². The Morgan fingerprint density at radius 3 is 2.75 bits per heavy atom. The van der Waals surface area contributed by atoms with Crippen molar-refractivity contribution in [3.8, 4) is 6.07 Å². The zero-order chi connectivity index (χ0) is 6.41. The van der Waals surface area contributed by atoms with Crippen LogP contribution in [-0.2, 0) is 9.90 Å². The first-order valence-corrected chi connectivity index (χ1v) is 3.07. The van der Waals surface area contributed by atoms with Gasteiger partial charge in [-0.05, 0) is 0 Å². The fourth-order valence-corrected chi connectivity index (χ4v) is 0.540. The zero-order valence-electron chi connectivity index (χ0n) is 4.09. The lowest BCUT2D eigenvalue weighted by Crippen LogP contribution is -1.95. The Hall–Kier alpha value is -0.690. The molecule has 1 radical (unpaired) electrons. The maximum atomic E-state index is 9.63. The molecule has 0 aliphatic carbocycles. The van der Waals surface area contributed by atoms with Crippen LogP contribution < -0.4 is 0 Å². The van der Waals surface area contributed by atoms with Crippen molar-refractivity contribution < 1.29 is 9.90 Å². The molecule has 0 aromatic carbocycles. The minimum absolute atomic E-state index is 0.0897. The van der Waals surface area contributed by atoms with Crippen molar-refractivity contribution in [3.63, 3.8) is 0 Å². The highest BCUT2D eigenvalue weighted by Gasteiger charge is 1.96. The average molecular weight is 130 g/mol. The van der Waals surface area contributed by atoms with Crippen LogP contribution in [0.1, 0.15) is 0 Å². The van der Waals surface area contributed by atoms with Crippen LogP contribution in [0.2, 0.25) is 0 Å². The zero-order valence-corrected chi connectivity index (χ0v) is 4.90. The maximum absolute atomic E-state index is 9.63. The fraction of sp³-hybridized carbons (Fsp3) is 0.500. The van der Waals surface area contributed by atoms with Gasteiger partial charge in [-0.25, -0.2) is 9.90 Å². The molecular formula is C4H4NO2S. The Labute approximate surface area is 51.3 Å². The van der Waals surface area contributed by atoms with Crippen molar-refractivity contribution in [3.05, 3.63) is 0 Å². The number of carbonyl (C=O) groups excluding carboxylic acids is 1. The predicted octanol–water partition coefficient (Wildman–Crippen LogP) is 0.200. The molecule has 0 atom stereocenters. The summed E-state index contributed by atoms with van der Waals surface area (Å²) in [6.45, 7) is 0. The molecule has 0 aliphatic heterocycles. The highest BCUT2D eigenvalue weighted by Crippen LogP contribution is 1.95. The number of thioether (sulfide) groups is 1. The third kappa shape index (κ3) is 5.31. The summed E-state index contributed by atoms with van der Waals surface area (Å²) >= 11 is 1.04. The molecular weight excluding hydrogens is 126 g/mol. The van der Waals surface area contributed by atoms with Crippen molar-refractivity contribution >= 4 is 17.7 Å². The quantitative estimate of drug-likeness (QED) is 0.513. The van der Waals surface area contributed by atoms with Gasteiger partial charge in [0.25, 0.3) is 0 Å². The molecule has 0 fully saturated rings. The van der Waals surface area contributed by atoms with Gasteiger partial charge in [0, 0.05) is 0 Å². The van der Waals surface area contributed by atoms with Gasteiger partial charge in [-0.3, -0.25) is 0 Å². The van der Waals surface area contributed by atoms with Crippen molar-refractivity contribution in [2.45, 2.75) is 0 Å². The molecule has 0 heterocycles. The first kappa shape index (κ1) is 7.31. The molecule has 0 N–H and O–H groups in total. The summed E-state index contributed by atoms with van der Waals surface area (Å²) in [5, 5.41) is 17.5. The van der Waals surface area contributed by atoms with E-state index >= 15 is 0 Å². The van der Waals surface area contributed by atoms with Crippen LogP contribution in [0.25, 0.3) is 0 Å². The van der Waals surface area contributed by atoms with Gasteiger partial charge in [-0.15, -0.1) is 11.8 Å². The predicted molar refractivity (Wildman–Crippen MR) is 28.6 cm³/mol. The van der Waals surface area contributed by atoms with Crippen LogP contribution in [0.3, 0.4) is 0 Å². The first-order chi connectivity index (χ1) is 3.77. The van der Waals surface area contributed by atoms with Gasteiger partial charge in [0.05, 0.1) is 17.6 Å². The van der Waals surface area contributed by atoms with Crippen molar-refractivity contribution in [1.29, 1.82) is 5.26 Å². The molecule has 8 heavy (non-hydrogen) atoms. The van der Waals surface area contributed by atoms with Crippen LogP contribution in [-0.4, -0.2) is 17.5 Å². The van der Waals surface area contributed by atoms with E-state index in [2.05, 4.69) is 0 Å². The second-order valence-electron chi connectivity index (χ2n) is 1.02. The number of hydrogen-bond acceptors (Lipinski definition) is 3. The van der Waals surface area contributed by atoms with E-state index in [1.165, 1.54) is 0 Å². The standard InChI is InChI=1S/C4H4NO2S/c5-1-2-8-3-4(6)7/h2-3H2. The molecule has 0 aromatic heterocycles.